The molecule has 1 heterocycles. The fourth-order valence-electron chi connectivity index (χ4n) is 2.81. The van der Waals surface area contributed by atoms with Crippen LogP contribution in [0.3, 0.4) is 0 Å². The van der Waals surface area contributed by atoms with E-state index >= 15 is 0 Å². The average molecular weight is 488 g/mol. The summed E-state index contributed by atoms with van der Waals surface area (Å²) in [4.78, 5) is 9.58. The van der Waals surface area contributed by atoms with Crippen LogP contribution in [0.2, 0.25) is 15.1 Å². The molecular formula is C23H17Cl3N4O2. The molecule has 0 fully saturated rings. The molecule has 0 aliphatic rings. The van der Waals surface area contributed by atoms with Crippen molar-refractivity contribution >= 4 is 40.5 Å². The maximum atomic E-state index is 6.07. The van der Waals surface area contributed by atoms with Crippen molar-refractivity contribution < 1.29 is 9.57 Å². The standard InChI is InChI=1S/C23H17Cl3N4O2/c24-18-4-8-20(9-5-18)32-19-6-2-17(3-7-19)23(12-30-15-27-14-28-30)29-31-13-16-1-10-21(25)22(26)11-16/h1-11,14-15H,12-13H2. The minimum atomic E-state index is 0.246. The first-order chi connectivity index (χ1) is 15.6. The van der Waals surface area contributed by atoms with Crippen LogP contribution in [-0.4, -0.2) is 20.5 Å². The van der Waals surface area contributed by atoms with Gasteiger partial charge in [-0.25, -0.2) is 9.67 Å². The molecule has 162 valence electrons. The third-order valence-electron chi connectivity index (χ3n) is 4.41. The van der Waals surface area contributed by atoms with Crippen molar-refractivity contribution in [3.8, 4) is 11.5 Å². The van der Waals surface area contributed by atoms with Crippen LogP contribution in [0.4, 0.5) is 0 Å². The molecule has 0 aliphatic carbocycles. The van der Waals surface area contributed by atoms with Gasteiger partial charge in [-0.2, -0.15) is 5.10 Å². The lowest BCUT2D eigenvalue weighted by molar-refractivity contribution is 0.130. The van der Waals surface area contributed by atoms with Gasteiger partial charge in [0.15, 0.2) is 0 Å². The van der Waals surface area contributed by atoms with Crippen LogP contribution < -0.4 is 4.74 Å². The Hall–Kier alpha value is -3.06. The van der Waals surface area contributed by atoms with Gasteiger partial charge in [0.05, 0.1) is 16.6 Å². The summed E-state index contributed by atoms with van der Waals surface area (Å²) in [5.41, 5.74) is 2.39. The van der Waals surface area contributed by atoms with Crippen LogP contribution in [0.5, 0.6) is 11.5 Å². The van der Waals surface area contributed by atoms with Gasteiger partial charge in [0.25, 0.3) is 0 Å². The highest BCUT2D eigenvalue weighted by atomic mass is 35.5. The van der Waals surface area contributed by atoms with E-state index in [1.807, 2.05) is 42.5 Å². The van der Waals surface area contributed by atoms with Gasteiger partial charge in [-0.1, -0.05) is 46.0 Å². The maximum absolute atomic E-state index is 6.07. The highest BCUT2D eigenvalue weighted by molar-refractivity contribution is 6.42. The molecule has 1 aromatic heterocycles. The molecule has 32 heavy (non-hydrogen) atoms. The number of aromatic nitrogens is 3. The van der Waals surface area contributed by atoms with Crippen LogP contribution in [0.25, 0.3) is 0 Å². The van der Waals surface area contributed by atoms with Gasteiger partial charge in [-0.15, -0.1) is 0 Å². The zero-order chi connectivity index (χ0) is 22.3. The highest BCUT2D eigenvalue weighted by Crippen LogP contribution is 2.24. The van der Waals surface area contributed by atoms with Crippen molar-refractivity contribution in [3.05, 3.63) is 106 Å². The molecule has 0 spiro atoms. The summed E-state index contributed by atoms with van der Waals surface area (Å²) in [6, 6.07) is 20.0. The highest BCUT2D eigenvalue weighted by Gasteiger charge is 2.09. The van der Waals surface area contributed by atoms with Crippen molar-refractivity contribution in [1.29, 1.82) is 0 Å². The second kappa shape index (κ2) is 10.5. The molecule has 0 radical (unpaired) electrons. The van der Waals surface area contributed by atoms with Gasteiger partial charge in [0.2, 0.25) is 0 Å². The molecule has 9 heteroatoms. The smallest absolute Gasteiger partial charge is 0.142 e. The quantitative estimate of drug-likeness (QED) is 0.206. The number of hydrogen-bond acceptors (Lipinski definition) is 5. The summed E-state index contributed by atoms with van der Waals surface area (Å²) in [6.07, 6.45) is 3.09. The number of rotatable bonds is 8. The summed E-state index contributed by atoms with van der Waals surface area (Å²) < 4.78 is 7.52. The van der Waals surface area contributed by atoms with E-state index in [0.29, 0.717) is 38.8 Å². The van der Waals surface area contributed by atoms with Crippen molar-refractivity contribution in [3.63, 3.8) is 0 Å². The average Bonchev–Trinajstić information content (AvgIpc) is 3.31. The van der Waals surface area contributed by atoms with E-state index < -0.39 is 0 Å². The normalized spacial score (nSPS) is 11.4. The maximum Gasteiger partial charge on any atom is 0.142 e. The molecule has 0 N–H and O–H groups in total. The van der Waals surface area contributed by atoms with Crippen LogP contribution >= 0.6 is 34.8 Å². The van der Waals surface area contributed by atoms with E-state index in [1.165, 1.54) is 6.33 Å². The second-order valence-electron chi connectivity index (χ2n) is 6.73. The summed E-state index contributed by atoms with van der Waals surface area (Å²) in [5.74, 6) is 1.39. The summed E-state index contributed by atoms with van der Waals surface area (Å²) in [6.45, 7) is 0.633. The molecule has 0 unspecified atom stereocenters. The predicted octanol–water partition coefficient (Wildman–Crippen LogP) is 6.65. The SMILES string of the molecule is Clc1ccc(Oc2ccc(C(Cn3cncn3)=NOCc3ccc(Cl)c(Cl)c3)cc2)cc1. The number of oxime groups is 1. The fourth-order valence-corrected chi connectivity index (χ4v) is 3.26. The Bertz CT molecular complexity index is 1200. The topological polar surface area (TPSA) is 61.5 Å². The van der Waals surface area contributed by atoms with Crippen LogP contribution in [0.15, 0.2) is 84.5 Å². The van der Waals surface area contributed by atoms with Crippen LogP contribution in [0.1, 0.15) is 11.1 Å². The van der Waals surface area contributed by atoms with Gasteiger partial charge in [-0.05, 0) is 66.2 Å². The number of ether oxygens (including phenoxy) is 1. The number of nitrogens with zero attached hydrogens (tertiary/aromatic N) is 4. The Kier molecular flexibility index (Phi) is 7.27. The van der Waals surface area contributed by atoms with Gasteiger partial charge in [0.1, 0.15) is 36.5 Å². The Morgan fingerprint density at radius 3 is 2.25 bits per heavy atom. The monoisotopic (exact) mass is 486 g/mol. The van der Waals surface area contributed by atoms with E-state index in [2.05, 4.69) is 15.2 Å². The first-order valence-corrected chi connectivity index (χ1v) is 10.7. The van der Waals surface area contributed by atoms with Crippen molar-refractivity contribution in [1.82, 2.24) is 14.8 Å². The lowest BCUT2D eigenvalue weighted by Gasteiger charge is -2.10. The molecule has 0 saturated carbocycles. The zero-order valence-electron chi connectivity index (χ0n) is 16.7. The van der Waals surface area contributed by atoms with Crippen LogP contribution in [0, 0.1) is 0 Å². The van der Waals surface area contributed by atoms with Gasteiger partial charge in [-0.3, -0.25) is 0 Å². The molecule has 0 amide bonds. The lowest BCUT2D eigenvalue weighted by atomic mass is 10.1. The number of benzene rings is 3. The molecule has 0 bridgehead atoms. The van der Waals surface area contributed by atoms with Crippen molar-refractivity contribution in [2.75, 3.05) is 0 Å². The first kappa shape index (κ1) is 22.1. The van der Waals surface area contributed by atoms with E-state index in [-0.39, 0.29) is 6.61 Å². The zero-order valence-corrected chi connectivity index (χ0v) is 18.9. The minimum absolute atomic E-state index is 0.246. The van der Waals surface area contributed by atoms with Gasteiger partial charge < -0.3 is 9.57 Å². The third-order valence-corrected chi connectivity index (χ3v) is 5.40. The summed E-state index contributed by atoms with van der Waals surface area (Å²) >= 11 is 17.9. The molecule has 3 aromatic carbocycles. The molecule has 0 aliphatic heterocycles. The molecular weight excluding hydrogens is 471 g/mol. The summed E-state index contributed by atoms with van der Waals surface area (Å²) in [5, 5.41) is 10.1. The Labute approximate surface area is 200 Å². The molecule has 4 rings (SSSR count). The second-order valence-corrected chi connectivity index (χ2v) is 7.98. The Morgan fingerprint density at radius 1 is 0.875 bits per heavy atom. The van der Waals surface area contributed by atoms with Crippen molar-refractivity contribution in [2.45, 2.75) is 13.2 Å². The van der Waals surface area contributed by atoms with E-state index in [0.717, 1.165) is 11.1 Å². The number of halogens is 3. The molecule has 0 atom stereocenters. The van der Waals surface area contributed by atoms with E-state index in [4.69, 9.17) is 44.4 Å². The van der Waals surface area contributed by atoms with Gasteiger partial charge >= 0.3 is 0 Å². The van der Waals surface area contributed by atoms with Gasteiger partial charge in [0, 0.05) is 10.6 Å². The van der Waals surface area contributed by atoms with E-state index in [9.17, 15) is 0 Å². The lowest BCUT2D eigenvalue weighted by Crippen LogP contribution is -2.13. The predicted molar refractivity (Wildman–Crippen MR) is 126 cm³/mol. The molecule has 4 aromatic rings. The van der Waals surface area contributed by atoms with Crippen LogP contribution in [-0.2, 0) is 18.0 Å². The van der Waals surface area contributed by atoms with E-state index in [1.54, 1.807) is 35.3 Å². The summed E-state index contributed by atoms with van der Waals surface area (Å²) in [7, 11) is 0. The largest absolute Gasteiger partial charge is 0.457 e. The molecule has 6 nitrogen and oxygen atoms in total. The first-order valence-electron chi connectivity index (χ1n) is 9.56. The third kappa shape index (κ3) is 6.01. The fraction of sp³-hybridized carbons (Fsp3) is 0.0870. The Morgan fingerprint density at radius 2 is 1.59 bits per heavy atom. The minimum Gasteiger partial charge on any atom is -0.457 e. The Balaban J connectivity index is 1.49. The molecule has 0 saturated heterocycles. The number of hydrogen-bond donors (Lipinski definition) is 0. The van der Waals surface area contributed by atoms with Crippen molar-refractivity contribution in [2.24, 2.45) is 5.16 Å².